The second-order valence-corrected chi connectivity index (χ2v) is 6.04. The number of benzene rings is 1. The van der Waals surface area contributed by atoms with Crippen LogP contribution in [0.1, 0.15) is 34.7 Å². The van der Waals surface area contributed by atoms with Crippen LogP contribution < -0.4 is 0 Å². The van der Waals surface area contributed by atoms with Crippen LogP contribution in [-0.4, -0.2) is 40.7 Å². The van der Waals surface area contributed by atoms with Crippen molar-refractivity contribution in [2.75, 3.05) is 13.7 Å². The number of furan rings is 1. The molecule has 0 saturated carbocycles. The summed E-state index contributed by atoms with van der Waals surface area (Å²) in [5.41, 5.74) is 0.456. The zero-order chi connectivity index (χ0) is 17.6. The summed E-state index contributed by atoms with van der Waals surface area (Å²) in [6, 6.07) is 5.28. The highest BCUT2D eigenvalue weighted by Gasteiger charge is 2.40. The Labute approximate surface area is 142 Å². The van der Waals surface area contributed by atoms with Crippen LogP contribution in [0.15, 0.2) is 33.2 Å². The topological polar surface area (TPSA) is 81.6 Å². The fourth-order valence-electron chi connectivity index (χ4n) is 3.14. The lowest BCUT2D eigenvalue weighted by atomic mass is 10.2. The van der Waals surface area contributed by atoms with Crippen molar-refractivity contribution in [3.05, 3.63) is 47.6 Å². The molecule has 8 heteroatoms. The number of hydrogen-bond acceptors (Lipinski definition) is 6. The molecule has 2 aromatic heterocycles. The molecular weight excluding hydrogens is 329 g/mol. The van der Waals surface area contributed by atoms with E-state index in [0.717, 1.165) is 0 Å². The minimum Gasteiger partial charge on any atom is -0.451 e. The summed E-state index contributed by atoms with van der Waals surface area (Å²) in [6.07, 6.45) is 0.418. The molecule has 1 aliphatic heterocycles. The molecule has 1 aliphatic rings. The Morgan fingerprint density at radius 3 is 2.96 bits per heavy atom. The molecule has 1 amide bonds. The van der Waals surface area contributed by atoms with Crippen molar-refractivity contribution < 1.29 is 22.9 Å². The van der Waals surface area contributed by atoms with Gasteiger partial charge < -0.3 is 18.6 Å². The molecule has 0 radical (unpaired) electrons. The van der Waals surface area contributed by atoms with Gasteiger partial charge in [0, 0.05) is 25.5 Å². The standard InChI is InChI=1S/C17H16FN3O4/c1-9-19-16(25-20-9)13-7-12(23-2)8-21(13)17(22)15-6-10-5-11(18)3-4-14(10)24-15/h3-6,12-13H,7-8H2,1-2H3/t12-,13-/m1/s1. The lowest BCUT2D eigenvalue weighted by molar-refractivity contribution is 0.0642. The summed E-state index contributed by atoms with van der Waals surface area (Å²) in [5.74, 6) is 0.303. The van der Waals surface area contributed by atoms with Gasteiger partial charge in [-0.05, 0) is 31.2 Å². The molecule has 1 aromatic carbocycles. The molecule has 0 spiro atoms. The first-order chi connectivity index (χ1) is 12.0. The number of nitrogens with zero attached hydrogens (tertiary/aromatic N) is 3. The number of amides is 1. The fraction of sp³-hybridized carbons (Fsp3) is 0.353. The van der Waals surface area contributed by atoms with E-state index in [9.17, 15) is 9.18 Å². The number of methoxy groups -OCH3 is 1. The Hall–Kier alpha value is -2.74. The summed E-state index contributed by atoms with van der Waals surface area (Å²) in [5, 5.41) is 4.33. The van der Waals surface area contributed by atoms with E-state index in [-0.39, 0.29) is 29.6 Å². The maximum atomic E-state index is 13.3. The van der Waals surface area contributed by atoms with Crippen molar-refractivity contribution >= 4 is 16.9 Å². The van der Waals surface area contributed by atoms with Gasteiger partial charge >= 0.3 is 0 Å². The van der Waals surface area contributed by atoms with Crippen LogP contribution in [0, 0.1) is 12.7 Å². The average Bonchev–Trinajstić information content (AvgIpc) is 3.30. The molecule has 130 valence electrons. The summed E-state index contributed by atoms with van der Waals surface area (Å²) in [6.45, 7) is 2.10. The van der Waals surface area contributed by atoms with E-state index in [1.807, 2.05) is 0 Å². The van der Waals surface area contributed by atoms with E-state index in [1.54, 1.807) is 18.9 Å². The Kier molecular flexibility index (Phi) is 3.76. The SMILES string of the molecule is CO[C@@H]1C[C@H](c2nc(C)no2)N(C(=O)c2cc3cc(F)ccc3o2)C1. The highest BCUT2D eigenvalue weighted by Crippen LogP contribution is 2.34. The molecule has 0 unspecified atom stereocenters. The van der Waals surface area contributed by atoms with Gasteiger partial charge in [-0.1, -0.05) is 5.16 Å². The summed E-state index contributed by atoms with van der Waals surface area (Å²) in [4.78, 5) is 18.8. The van der Waals surface area contributed by atoms with Crippen LogP contribution in [0.3, 0.4) is 0 Å². The first kappa shape index (κ1) is 15.8. The molecule has 0 N–H and O–H groups in total. The predicted octanol–water partition coefficient (Wildman–Crippen LogP) is 2.87. The van der Waals surface area contributed by atoms with Gasteiger partial charge in [-0.2, -0.15) is 4.98 Å². The molecule has 4 rings (SSSR count). The third kappa shape index (κ3) is 2.78. The van der Waals surface area contributed by atoms with Crippen molar-refractivity contribution in [2.24, 2.45) is 0 Å². The lowest BCUT2D eigenvalue weighted by Gasteiger charge is -2.20. The molecule has 1 fully saturated rings. The summed E-state index contributed by atoms with van der Waals surface area (Å²) in [7, 11) is 1.60. The van der Waals surface area contributed by atoms with E-state index in [2.05, 4.69) is 10.1 Å². The van der Waals surface area contributed by atoms with Gasteiger partial charge in [0.05, 0.1) is 6.10 Å². The minimum atomic E-state index is -0.386. The number of fused-ring (bicyclic) bond motifs is 1. The van der Waals surface area contributed by atoms with Gasteiger partial charge in [-0.15, -0.1) is 0 Å². The average molecular weight is 345 g/mol. The third-order valence-electron chi connectivity index (χ3n) is 4.37. The number of carbonyl (C=O) groups is 1. The smallest absolute Gasteiger partial charge is 0.290 e. The first-order valence-corrected chi connectivity index (χ1v) is 7.88. The minimum absolute atomic E-state index is 0.136. The maximum Gasteiger partial charge on any atom is 0.290 e. The van der Waals surface area contributed by atoms with E-state index in [4.69, 9.17) is 13.7 Å². The van der Waals surface area contributed by atoms with Crippen LogP contribution in [-0.2, 0) is 4.74 Å². The van der Waals surface area contributed by atoms with Crippen LogP contribution in [0.5, 0.6) is 0 Å². The molecule has 3 heterocycles. The molecular formula is C17H16FN3O4. The van der Waals surface area contributed by atoms with Gasteiger partial charge in [-0.25, -0.2) is 4.39 Å². The monoisotopic (exact) mass is 345 g/mol. The Balaban J connectivity index is 1.68. The highest BCUT2D eigenvalue weighted by molar-refractivity contribution is 5.96. The molecule has 7 nitrogen and oxygen atoms in total. The highest BCUT2D eigenvalue weighted by atomic mass is 19.1. The maximum absolute atomic E-state index is 13.3. The number of halogens is 1. The van der Waals surface area contributed by atoms with Crippen molar-refractivity contribution in [1.29, 1.82) is 0 Å². The number of hydrogen-bond donors (Lipinski definition) is 0. The second kappa shape index (κ2) is 5.96. The van der Waals surface area contributed by atoms with Crippen molar-refractivity contribution in [1.82, 2.24) is 15.0 Å². The van der Waals surface area contributed by atoms with E-state index in [0.29, 0.717) is 35.6 Å². The van der Waals surface area contributed by atoms with Gasteiger partial charge in [0.15, 0.2) is 11.6 Å². The van der Waals surface area contributed by atoms with Crippen LogP contribution in [0.4, 0.5) is 4.39 Å². The fourth-order valence-corrected chi connectivity index (χ4v) is 3.14. The van der Waals surface area contributed by atoms with Crippen molar-refractivity contribution in [3.8, 4) is 0 Å². The normalized spacial score (nSPS) is 20.5. The van der Waals surface area contributed by atoms with Crippen molar-refractivity contribution in [3.63, 3.8) is 0 Å². The third-order valence-corrected chi connectivity index (χ3v) is 4.37. The van der Waals surface area contributed by atoms with E-state index >= 15 is 0 Å². The Bertz CT molecular complexity index is 935. The zero-order valence-corrected chi connectivity index (χ0v) is 13.7. The molecule has 3 aromatic rings. The predicted molar refractivity (Wildman–Crippen MR) is 84.4 cm³/mol. The van der Waals surface area contributed by atoms with Gasteiger partial charge in [0.1, 0.15) is 17.4 Å². The number of carbonyl (C=O) groups excluding carboxylic acids is 1. The molecule has 25 heavy (non-hydrogen) atoms. The summed E-state index contributed by atoms with van der Waals surface area (Å²) >= 11 is 0. The van der Waals surface area contributed by atoms with Crippen molar-refractivity contribution in [2.45, 2.75) is 25.5 Å². The number of aromatic nitrogens is 2. The van der Waals surface area contributed by atoms with Crippen LogP contribution >= 0.6 is 0 Å². The lowest BCUT2D eigenvalue weighted by Crippen LogP contribution is -2.31. The van der Waals surface area contributed by atoms with Gasteiger partial charge in [0.2, 0.25) is 5.89 Å². The largest absolute Gasteiger partial charge is 0.451 e. The number of rotatable bonds is 3. The van der Waals surface area contributed by atoms with Gasteiger partial charge in [-0.3, -0.25) is 4.79 Å². The van der Waals surface area contributed by atoms with E-state index < -0.39 is 0 Å². The molecule has 0 bridgehead atoms. The molecule has 2 atom stereocenters. The Morgan fingerprint density at radius 2 is 2.24 bits per heavy atom. The molecule has 1 saturated heterocycles. The molecule has 0 aliphatic carbocycles. The summed E-state index contributed by atoms with van der Waals surface area (Å²) < 4.78 is 29.6. The number of likely N-dealkylation sites (tertiary alicyclic amines) is 1. The number of ether oxygens (including phenoxy) is 1. The second-order valence-electron chi connectivity index (χ2n) is 6.04. The van der Waals surface area contributed by atoms with Gasteiger partial charge in [0.25, 0.3) is 5.91 Å². The zero-order valence-electron chi connectivity index (χ0n) is 13.7. The quantitative estimate of drug-likeness (QED) is 0.726. The van der Waals surface area contributed by atoms with E-state index in [1.165, 1.54) is 24.3 Å². The first-order valence-electron chi connectivity index (χ1n) is 7.88. The Morgan fingerprint density at radius 1 is 1.40 bits per heavy atom. The van der Waals surface area contributed by atoms with Crippen LogP contribution in [0.25, 0.3) is 11.0 Å². The van der Waals surface area contributed by atoms with Crippen LogP contribution in [0.2, 0.25) is 0 Å². The number of aryl methyl sites for hydroxylation is 1.